The van der Waals surface area contributed by atoms with Crippen LogP contribution in [0.3, 0.4) is 0 Å². The second kappa shape index (κ2) is 13.4. The molecule has 0 atom stereocenters. The third kappa shape index (κ3) is 5.45. The molecule has 59 heavy (non-hydrogen) atoms. The largest absolute Gasteiger partial charge is 0.309 e. The zero-order valence-corrected chi connectivity index (χ0v) is 32.2. The lowest BCUT2D eigenvalue weighted by Gasteiger charge is -2.16. The maximum absolute atomic E-state index is 5.31. The lowest BCUT2D eigenvalue weighted by molar-refractivity contribution is 1.19. The standard InChI is InChI=1S/C57H36N2/c1-3-14-37(15-4-1)43-34-53(39-17-5-2-6-18-39)58-54(35-43)42-28-31-51-52(33-42)47-21-10-9-20-46(47)50-24-13-23-45(57(50)51)41-27-30-49-48-22-11-12-25-55(48)59(56(49)36-41)44-29-26-38-16-7-8-19-40(38)32-44/h1-36H. The summed E-state index contributed by atoms with van der Waals surface area (Å²) in [5, 5.41) is 12.4. The van der Waals surface area contributed by atoms with Gasteiger partial charge in [-0.3, -0.25) is 0 Å². The molecule has 0 unspecified atom stereocenters. The second-order valence-electron chi connectivity index (χ2n) is 15.5. The van der Waals surface area contributed by atoms with Gasteiger partial charge in [0, 0.05) is 27.6 Å². The van der Waals surface area contributed by atoms with Gasteiger partial charge in [0.05, 0.1) is 22.4 Å². The smallest absolute Gasteiger partial charge is 0.0715 e. The lowest BCUT2D eigenvalue weighted by Crippen LogP contribution is -1.94. The minimum atomic E-state index is 0.955. The Morgan fingerprint density at radius 3 is 1.69 bits per heavy atom. The molecule has 274 valence electrons. The molecule has 0 fully saturated rings. The van der Waals surface area contributed by atoms with Gasteiger partial charge in [0.2, 0.25) is 0 Å². The van der Waals surface area contributed by atoms with Gasteiger partial charge in [-0.05, 0) is 108 Å². The molecule has 0 N–H and O–H groups in total. The van der Waals surface area contributed by atoms with Gasteiger partial charge in [-0.25, -0.2) is 4.98 Å². The normalized spacial score (nSPS) is 11.7. The zero-order valence-electron chi connectivity index (χ0n) is 32.2. The van der Waals surface area contributed by atoms with Gasteiger partial charge in [-0.15, -0.1) is 0 Å². The Balaban J connectivity index is 1.09. The van der Waals surface area contributed by atoms with Crippen molar-refractivity contribution in [3.63, 3.8) is 0 Å². The minimum Gasteiger partial charge on any atom is -0.309 e. The number of nitrogens with zero attached hydrogens (tertiary/aromatic N) is 2. The highest BCUT2D eigenvalue weighted by atomic mass is 15.0. The van der Waals surface area contributed by atoms with Gasteiger partial charge < -0.3 is 4.57 Å². The summed E-state index contributed by atoms with van der Waals surface area (Å²) >= 11 is 0. The van der Waals surface area contributed by atoms with E-state index in [1.165, 1.54) is 81.6 Å². The molecule has 0 spiro atoms. The van der Waals surface area contributed by atoms with E-state index in [0.29, 0.717) is 0 Å². The number of hydrogen-bond donors (Lipinski definition) is 0. The fraction of sp³-hybridized carbons (Fsp3) is 0. The average Bonchev–Trinajstić information content (AvgIpc) is 3.65. The molecule has 12 rings (SSSR count). The number of rotatable bonds is 5. The Morgan fingerprint density at radius 2 is 0.881 bits per heavy atom. The van der Waals surface area contributed by atoms with Crippen LogP contribution >= 0.6 is 0 Å². The van der Waals surface area contributed by atoms with E-state index in [4.69, 9.17) is 4.98 Å². The van der Waals surface area contributed by atoms with Gasteiger partial charge in [-0.1, -0.05) is 176 Å². The van der Waals surface area contributed by atoms with Crippen molar-refractivity contribution >= 4 is 64.9 Å². The van der Waals surface area contributed by atoms with Crippen molar-refractivity contribution in [1.82, 2.24) is 9.55 Å². The van der Waals surface area contributed by atoms with Crippen LogP contribution in [-0.4, -0.2) is 9.55 Å². The molecule has 2 heteroatoms. The molecular formula is C57H36N2. The lowest BCUT2D eigenvalue weighted by atomic mass is 9.88. The molecule has 12 aromatic rings. The van der Waals surface area contributed by atoms with Crippen LogP contribution in [0.5, 0.6) is 0 Å². The Bertz CT molecular complexity index is 3540. The third-order valence-electron chi connectivity index (χ3n) is 12.1. The van der Waals surface area contributed by atoms with Crippen LogP contribution in [0.2, 0.25) is 0 Å². The van der Waals surface area contributed by atoms with Crippen molar-refractivity contribution < 1.29 is 0 Å². The van der Waals surface area contributed by atoms with Crippen molar-refractivity contribution in [2.24, 2.45) is 0 Å². The van der Waals surface area contributed by atoms with Gasteiger partial charge >= 0.3 is 0 Å². The zero-order chi connectivity index (χ0) is 38.9. The van der Waals surface area contributed by atoms with E-state index >= 15 is 0 Å². The van der Waals surface area contributed by atoms with E-state index in [9.17, 15) is 0 Å². The Labute approximate surface area is 341 Å². The molecule has 2 nitrogen and oxygen atoms in total. The maximum atomic E-state index is 5.31. The molecule has 0 aliphatic heterocycles. The fourth-order valence-electron chi connectivity index (χ4n) is 9.37. The summed E-state index contributed by atoms with van der Waals surface area (Å²) in [6, 6.07) is 79.4. The predicted octanol–water partition coefficient (Wildman–Crippen LogP) is 15.5. The van der Waals surface area contributed by atoms with Crippen LogP contribution < -0.4 is 0 Å². The summed E-state index contributed by atoms with van der Waals surface area (Å²) in [5.41, 5.74) is 12.4. The highest BCUT2D eigenvalue weighted by molar-refractivity contribution is 6.29. The number of hydrogen-bond acceptors (Lipinski definition) is 1. The first-order valence-electron chi connectivity index (χ1n) is 20.3. The molecule has 0 saturated heterocycles. The summed E-state index contributed by atoms with van der Waals surface area (Å²) in [4.78, 5) is 5.31. The summed E-state index contributed by atoms with van der Waals surface area (Å²) in [7, 11) is 0. The molecule has 0 bridgehead atoms. The van der Waals surface area contributed by atoms with Crippen LogP contribution in [0.4, 0.5) is 0 Å². The van der Waals surface area contributed by atoms with Gasteiger partial charge in [0.25, 0.3) is 0 Å². The van der Waals surface area contributed by atoms with Crippen molar-refractivity contribution in [2.75, 3.05) is 0 Å². The summed E-state index contributed by atoms with van der Waals surface area (Å²) < 4.78 is 2.44. The Hall–Kier alpha value is -7.81. The first-order chi connectivity index (χ1) is 29.2. The van der Waals surface area contributed by atoms with Crippen LogP contribution in [-0.2, 0) is 0 Å². The number of benzene rings is 10. The predicted molar refractivity (Wildman–Crippen MR) is 250 cm³/mol. The van der Waals surface area contributed by atoms with Gasteiger partial charge in [0.1, 0.15) is 0 Å². The molecule has 0 amide bonds. The molecule has 2 heterocycles. The quantitative estimate of drug-likeness (QED) is 0.160. The topological polar surface area (TPSA) is 17.8 Å². The van der Waals surface area contributed by atoms with Gasteiger partial charge in [-0.2, -0.15) is 0 Å². The maximum Gasteiger partial charge on any atom is 0.0715 e. The summed E-state index contributed by atoms with van der Waals surface area (Å²) in [6.07, 6.45) is 0. The number of pyridine rings is 1. The van der Waals surface area contributed by atoms with Crippen LogP contribution in [0.1, 0.15) is 0 Å². The van der Waals surface area contributed by atoms with Crippen LogP contribution in [0.15, 0.2) is 218 Å². The highest BCUT2D eigenvalue weighted by Gasteiger charge is 2.18. The van der Waals surface area contributed by atoms with E-state index in [-0.39, 0.29) is 0 Å². The summed E-state index contributed by atoms with van der Waals surface area (Å²) in [6.45, 7) is 0. The molecule has 2 aromatic heterocycles. The van der Waals surface area contributed by atoms with E-state index in [1.807, 2.05) is 0 Å². The van der Waals surface area contributed by atoms with Crippen LogP contribution in [0, 0.1) is 0 Å². The molecule has 10 aromatic carbocycles. The molecular weight excluding hydrogens is 713 g/mol. The number of aromatic nitrogens is 2. The summed E-state index contributed by atoms with van der Waals surface area (Å²) in [5.74, 6) is 0. The van der Waals surface area contributed by atoms with E-state index in [1.54, 1.807) is 0 Å². The SMILES string of the molecule is c1ccc(-c2cc(-c3ccccc3)nc(-c3ccc4c(c3)c3ccccc3c3cccc(-c5ccc6c7ccccc7n(-c7ccc8ccccc8c7)c6c5)c34)c2)cc1. The van der Waals surface area contributed by atoms with Gasteiger partial charge in [0.15, 0.2) is 0 Å². The van der Waals surface area contributed by atoms with Crippen molar-refractivity contribution in [2.45, 2.75) is 0 Å². The van der Waals surface area contributed by atoms with Crippen molar-refractivity contribution in [3.05, 3.63) is 218 Å². The fourth-order valence-corrected chi connectivity index (χ4v) is 9.37. The van der Waals surface area contributed by atoms with Crippen LogP contribution in [0.25, 0.3) is 115 Å². The monoisotopic (exact) mass is 748 g/mol. The van der Waals surface area contributed by atoms with E-state index < -0.39 is 0 Å². The first kappa shape index (κ1) is 33.3. The highest BCUT2D eigenvalue weighted by Crippen LogP contribution is 2.43. The number of fused-ring (bicyclic) bond motifs is 10. The van der Waals surface area contributed by atoms with E-state index in [0.717, 1.165) is 33.8 Å². The third-order valence-corrected chi connectivity index (χ3v) is 12.1. The average molecular weight is 749 g/mol. The van der Waals surface area contributed by atoms with Crippen molar-refractivity contribution in [1.29, 1.82) is 0 Å². The van der Waals surface area contributed by atoms with E-state index in [2.05, 4.69) is 223 Å². The Kier molecular flexibility index (Phi) is 7.57. The van der Waals surface area contributed by atoms with Crippen molar-refractivity contribution in [3.8, 4) is 50.5 Å². The molecule has 0 saturated carbocycles. The molecule has 0 radical (unpaired) electrons. The second-order valence-corrected chi connectivity index (χ2v) is 15.5. The molecule has 0 aliphatic rings. The Morgan fingerprint density at radius 1 is 0.288 bits per heavy atom. The first-order valence-corrected chi connectivity index (χ1v) is 20.3. The minimum absolute atomic E-state index is 0.955. The molecule has 0 aliphatic carbocycles. The number of para-hydroxylation sites is 1.